The predicted molar refractivity (Wildman–Crippen MR) is 72.8 cm³/mol. The number of fused-ring (bicyclic) bond motifs is 1. The van der Waals surface area contributed by atoms with Crippen LogP contribution in [0.2, 0.25) is 0 Å². The van der Waals surface area contributed by atoms with Crippen molar-refractivity contribution in [3.63, 3.8) is 0 Å². The Morgan fingerprint density at radius 3 is 2.72 bits per heavy atom. The number of ketones is 1. The summed E-state index contributed by atoms with van der Waals surface area (Å²) in [5.41, 5.74) is 2.42. The molecular weight excluding hydrogens is 222 g/mol. The largest absolute Gasteiger partial charge is 0.350 e. The Labute approximate surface area is 109 Å². The fourth-order valence-corrected chi connectivity index (χ4v) is 3.64. The summed E-state index contributed by atoms with van der Waals surface area (Å²) in [5.74, 6) is 1.17. The number of Topliss-reactive ketones (excluding diaryl/α,β-unsaturated/α-hetero) is 1. The van der Waals surface area contributed by atoms with Gasteiger partial charge in [0.25, 0.3) is 0 Å². The fraction of sp³-hybridized carbons (Fsp3) is 0.688. The zero-order valence-electron chi connectivity index (χ0n) is 11.5. The number of hydrogen-bond donors (Lipinski definition) is 0. The van der Waals surface area contributed by atoms with Crippen LogP contribution >= 0.6 is 0 Å². The summed E-state index contributed by atoms with van der Waals surface area (Å²) in [4.78, 5) is 12.1. The summed E-state index contributed by atoms with van der Waals surface area (Å²) < 4.78 is 2.37. The fourth-order valence-electron chi connectivity index (χ4n) is 3.64. The third-order valence-corrected chi connectivity index (χ3v) is 4.59. The van der Waals surface area contributed by atoms with Gasteiger partial charge in [-0.15, -0.1) is 0 Å². The number of carbonyl (C=O) groups is 1. The molecule has 1 aromatic heterocycles. The van der Waals surface area contributed by atoms with Crippen molar-refractivity contribution in [3.05, 3.63) is 23.5 Å². The second kappa shape index (κ2) is 4.25. The first-order valence-electron chi connectivity index (χ1n) is 7.26. The van der Waals surface area contributed by atoms with Gasteiger partial charge in [-0.05, 0) is 36.7 Å². The van der Waals surface area contributed by atoms with Gasteiger partial charge >= 0.3 is 0 Å². The molecule has 98 valence electrons. The second-order valence-electron chi connectivity index (χ2n) is 6.92. The van der Waals surface area contributed by atoms with E-state index < -0.39 is 0 Å². The highest BCUT2D eigenvalue weighted by Gasteiger charge is 2.33. The van der Waals surface area contributed by atoms with Gasteiger partial charge in [-0.1, -0.05) is 26.7 Å². The van der Waals surface area contributed by atoms with Crippen molar-refractivity contribution in [3.8, 4) is 0 Å². The normalized spacial score (nSPS) is 23.3. The average molecular weight is 245 g/mol. The van der Waals surface area contributed by atoms with E-state index in [4.69, 9.17) is 0 Å². The maximum atomic E-state index is 12.1. The summed E-state index contributed by atoms with van der Waals surface area (Å²) >= 11 is 0. The standard InChI is InChI=1S/C16H23NO/c1-16(2)9-14-13(15(18)10-16)7-8-17(14)11-12-5-3-4-6-12/h7-8,12H,3-6,9-11H2,1-2H3. The smallest absolute Gasteiger partial charge is 0.165 e. The van der Waals surface area contributed by atoms with Crippen LogP contribution in [0.1, 0.15) is 62.0 Å². The first kappa shape index (κ1) is 12.0. The van der Waals surface area contributed by atoms with E-state index in [-0.39, 0.29) is 5.41 Å². The molecule has 2 aliphatic carbocycles. The zero-order chi connectivity index (χ0) is 12.8. The van der Waals surface area contributed by atoms with Crippen LogP contribution in [-0.4, -0.2) is 10.4 Å². The van der Waals surface area contributed by atoms with E-state index in [0.717, 1.165) is 24.4 Å². The van der Waals surface area contributed by atoms with Crippen molar-refractivity contribution in [2.75, 3.05) is 0 Å². The number of nitrogens with zero attached hydrogens (tertiary/aromatic N) is 1. The number of aromatic nitrogens is 1. The molecule has 0 aromatic carbocycles. The highest BCUT2D eigenvalue weighted by molar-refractivity contribution is 5.98. The Bertz CT molecular complexity index is 463. The molecule has 0 saturated heterocycles. The molecule has 1 heterocycles. The van der Waals surface area contributed by atoms with Gasteiger partial charge in [-0.25, -0.2) is 0 Å². The lowest BCUT2D eigenvalue weighted by molar-refractivity contribution is 0.0909. The molecule has 0 amide bonds. The molecule has 18 heavy (non-hydrogen) atoms. The maximum absolute atomic E-state index is 12.1. The third kappa shape index (κ3) is 2.13. The molecule has 0 spiro atoms. The van der Waals surface area contributed by atoms with Gasteiger partial charge in [0.15, 0.2) is 5.78 Å². The summed E-state index contributed by atoms with van der Waals surface area (Å²) in [5, 5.41) is 0. The first-order chi connectivity index (χ1) is 8.55. The molecule has 1 aromatic rings. The van der Waals surface area contributed by atoms with Crippen LogP contribution in [0.5, 0.6) is 0 Å². The molecule has 1 fully saturated rings. The van der Waals surface area contributed by atoms with Crippen LogP contribution in [0.15, 0.2) is 12.3 Å². The number of hydrogen-bond acceptors (Lipinski definition) is 1. The van der Waals surface area contributed by atoms with E-state index in [0.29, 0.717) is 12.2 Å². The van der Waals surface area contributed by atoms with Gasteiger partial charge in [0.05, 0.1) is 0 Å². The molecular formula is C16H23NO. The Kier molecular flexibility index (Phi) is 2.84. The lowest BCUT2D eigenvalue weighted by atomic mass is 9.76. The summed E-state index contributed by atoms with van der Waals surface area (Å²) in [7, 11) is 0. The third-order valence-electron chi connectivity index (χ3n) is 4.59. The minimum absolute atomic E-state index is 0.135. The van der Waals surface area contributed by atoms with E-state index >= 15 is 0 Å². The molecule has 2 nitrogen and oxygen atoms in total. The minimum Gasteiger partial charge on any atom is -0.350 e. The maximum Gasteiger partial charge on any atom is 0.165 e. The van der Waals surface area contributed by atoms with Gasteiger partial charge in [0.1, 0.15) is 0 Å². The monoisotopic (exact) mass is 245 g/mol. The topological polar surface area (TPSA) is 22.0 Å². The van der Waals surface area contributed by atoms with Crippen molar-refractivity contribution in [1.82, 2.24) is 4.57 Å². The predicted octanol–water partition coefficient (Wildman–Crippen LogP) is 3.83. The molecule has 0 N–H and O–H groups in total. The van der Waals surface area contributed by atoms with E-state index in [9.17, 15) is 4.79 Å². The quantitative estimate of drug-likeness (QED) is 0.776. The molecule has 0 radical (unpaired) electrons. The summed E-state index contributed by atoms with van der Waals surface area (Å²) in [6, 6.07) is 2.04. The van der Waals surface area contributed by atoms with Crippen LogP contribution in [0.3, 0.4) is 0 Å². The highest BCUT2D eigenvalue weighted by atomic mass is 16.1. The lowest BCUT2D eigenvalue weighted by Gasteiger charge is -2.30. The SMILES string of the molecule is CC1(C)CC(=O)c2ccn(CC3CCCC3)c2C1. The second-order valence-corrected chi connectivity index (χ2v) is 6.92. The van der Waals surface area contributed by atoms with E-state index in [1.165, 1.54) is 31.4 Å². The molecule has 3 rings (SSSR count). The van der Waals surface area contributed by atoms with Crippen LogP contribution in [0.4, 0.5) is 0 Å². The van der Waals surface area contributed by atoms with Gasteiger partial charge in [-0.2, -0.15) is 0 Å². The number of rotatable bonds is 2. The molecule has 1 saturated carbocycles. The van der Waals surface area contributed by atoms with Crippen molar-refractivity contribution in [2.24, 2.45) is 11.3 Å². The van der Waals surface area contributed by atoms with Crippen molar-refractivity contribution in [1.29, 1.82) is 0 Å². The van der Waals surface area contributed by atoms with E-state index in [1.54, 1.807) is 0 Å². The first-order valence-corrected chi connectivity index (χ1v) is 7.26. The van der Waals surface area contributed by atoms with E-state index in [2.05, 4.69) is 24.6 Å². The molecule has 2 heteroatoms. The Morgan fingerprint density at radius 2 is 2.00 bits per heavy atom. The van der Waals surface area contributed by atoms with Crippen molar-refractivity contribution in [2.45, 2.75) is 58.9 Å². The average Bonchev–Trinajstić information content (AvgIpc) is 2.88. The van der Waals surface area contributed by atoms with Gasteiger partial charge in [0.2, 0.25) is 0 Å². The Hall–Kier alpha value is -1.05. The Morgan fingerprint density at radius 1 is 1.28 bits per heavy atom. The summed E-state index contributed by atoms with van der Waals surface area (Å²) in [6.45, 7) is 5.54. The van der Waals surface area contributed by atoms with Crippen LogP contribution < -0.4 is 0 Å². The lowest BCUT2D eigenvalue weighted by Crippen LogP contribution is -2.28. The molecule has 0 aliphatic heterocycles. The van der Waals surface area contributed by atoms with Crippen molar-refractivity contribution < 1.29 is 4.79 Å². The van der Waals surface area contributed by atoms with Gasteiger partial charge in [0, 0.05) is 30.4 Å². The number of carbonyl (C=O) groups excluding carboxylic acids is 1. The van der Waals surface area contributed by atoms with Gasteiger partial charge < -0.3 is 4.57 Å². The molecule has 2 aliphatic rings. The van der Waals surface area contributed by atoms with Crippen LogP contribution in [-0.2, 0) is 13.0 Å². The molecule has 0 bridgehead atoms. The highest BCUT2D eigenvalue weighted by Crippen LogP contribution is 2.36. The van der Waals surface area contributed by atoms with E-state index in [1.807, 2.05) is 6.07 Å². The van der Waals surface area contributed by atoms with Crippen LogP contribution in [0, 0.1) is 11.3 Å². The van der Waals surface area contributed by atoms with Crippen LogP contribution in [0.25, 0.3) is 0 Å². The molecule has 0 atom stereocenters. The zero-order valence-corrected chi connectivity index (χ0v) is 11.5. The van der Waals surface area contributed by atoms with Gasteiger partial charge in [-0.3, -0.25) is 4.79 Å². The Balaban J connectivity index is 1.87. The summed E-state index contributed by atoms with van der Waals surface area (Å²) in [6.07, 6.45) is 9.40. The molecule has 0 unspecified atom stereocenters. The minimum atomic E-state index is 0.135. The van der Waals surface area contributed by atoms with Crippen molar-refractivity contribution >= 4 is 5.78 Å².